The second kappa shape index (κ2) is 5.18. The molecule has 5 nitrogen and oxygen atoms in total. The van der Waals surface area contributed by atoms with Gasteiger partial charge in [0.1, 0.15) is 0 Å². The van der Waals surface area contributed by atoms with Gasteiger partial charge in [-0.15, -0.1) is 5.10 Å². The molecule has 0 fully saturated rings. The largest absolute Gasteiger partial charge is 0.308 e. The number of tetrazole rings is 1. The zero-order valence-electron chi connectivity index (χ0n) is 8.27. The maximum Gasteiger partial charge on any atom is 0.209 e. The van der Waals surface area contributed by atoms with E-state index in [2.05, 4.69) is 27.3 Å². The predicted molar refractivity (Wildman–Crippen MR) is 52.8 cm³/mol. The second-order valence-corrected chi connectivity index (χ2v) is 4.15. The summed E-state index contributed by atoms with van der Waals surface area (Å²) in [4.78, 5) is 2.11. The van der Waals surface area contributed by atoms with Crippen LogP contribution in [0.25, 0.3) is 0 Å². The van der Waals surface area contributed by atoms with Gasteiger partial charge < -0.3 is 4.90 Å². The average Bonchev–Trinajstić information content (AvgIpc) is 2.49. The van der Waals surface area contributed by atoms with E-state index in [1.165, 1.54) is 0 Å². The summed E-state index contributed by atoms with van der Waals surface area (Å²) in [7, 11) is 4.08. The SMILES string of the molecule is CCSc1nnnn1CCN(C)C. The van der Waals surface area contributed by atoms with Gasteiger partial charge in [-0.3, -0.25) is 0 Å². The lowest BCUT2D eigenvalue weighted by molar-refractivity contribution is 0.361. The molecule has 0 aliphatic heterocycles. The summed E-state index contributed by atoms with van der Waals surface area (Å²) in [6.07, 6.45) is 0. The highest BCUT2D eigenvalue weighted by atomic mass is 32.2. The molecule has 13 heavy (non-hydrogen) atoms. The van der Waals surface area contributed by atoms with Crippen LogP contribution in [0.5, 0.6) is 0 Å². The number of hydrogen-bond acceptors (Lipinski definition) is 5. The third-order valence-corrected chi connectivity index (χ3v) is 2.37. The van der Waals surface area contributed by atoms with Crippen LogP contribution in [-0.4, -0.2) is 51.5 Å². The Bertz CT molecular complexity index is 247. The van der Waals surface area contributed by atoms with Crippen molar-refractivity contribution < 1.29 is 0 Å². The monoisotopic (exact) mass is 201 g/mol. The molecule has 0 unspecified atom stereocenters. The molecular formula is C7H15N5S. The fraction of sp³-hybridized carbons (Fsp3) is 0.857. The summed E-state index contributed by atoms with van der Waals surface area (Å²) in [5.41, 5.74) is 0. The third-order valence-electron chi connectivity index (χ3n) is 1.53. The van der Waals surface area contributed by atoms with Crippen molar-refractivity contribution in [3.8, 4) is 0 Å². The number of hydrogen-bond donors (Lipinski definition) is 0. The number of likely N-dealkylation sites (N-methyl/N-ethyl adjacent to an activating group) is 1. The van der Waals surface area contributed by atoms with E-state index in [0.29, 0.717) is 0 Å². The molecule has 0 N–H and O–H groups in total. The van der Waals surface area contributed by atoms with Gasteiger partial charge in [0.2, 0.25) is 5.16 Å². The van der Waals surface area contributed by atoms with Crippen molar-refractivity contribution in [1.29, 1.82) is 0 Å². The Hall–Kier alpha value is -0.620. The molecule has 0 spiro atoms. The van der Waals surface area contributed by atoms with E-state index in [4.69, 9.17) is 0 Å². The Morgan fingerprint density at radius 3 is 2.85 bits per heavy atom. The van der Waals surface area contributed by atoms with Gasteiger partial charge in [-0.05, 0) is 30.3 Å². The third kappa shape index (κ3) is 3.31. The molecule has 0 amide bonds. The smallest absolute Gasteiger partial charge is 0.209 e. The highest BCUT2D eigenvalue weighted by molar-refractivity contribution is 7.99. The zero-order chi connectivity index (χ0) is 9.68. The molecule has 0 saturated carbocycles. The van der Waals surface area contributed by atoms with Crippen molar-refractivity contribution in [3.05, 3.63) is 0 Å². The Morgan fingerprint density at radius 1 is 1.46 bits per heavy atom. The molecular weight excluding hydrogens is 186 g/mol. The van der Waals surface area contributed by atoms with E-state index in [1.807, 2.05) is 18.8 Å². The van der Waals surface area contributed by atoms with Crippen LogP contribution in [0.1, 0.15) is 6.92 Å². The first-order valence-electron chi connectivity index (χ1n) is 4.27. The molecule has 1 aromatic rings. The van der Waals surface area contributed by atoms with Crippen molar-refractivity contribution >= 4 is 11.8 Å². The highest BCUT2D eigenvalue weighted by Gasteiger charge is 2.04. The molecule has 0 bridgehead atoms. The molecule has 0 atom stereocenters. The highest BCUT2D eigenvalue weighted by Crippen LogP contribution is 2.11. The minimum absolute atomic E-state index is 0.850. The summed E-state index contributed by atoms with van der Waals surface area (Å²) in [5.74, 6) is 1.00. The van der Waals surface area contributed by atoms with Crippen LogP contribution in [0, 0.1) is 0 Å². The molecule has 0 radical (unpaired) electrons. The van der Waals surface area contributed by atoms with Crippen LogP contribution in [0.4, 0.5) is 0 Å². The van der Waals surface area contributed by atoms with E-state index < -0.39 is 0 Å². The van der Waals surface area contributed by atoms with E-state index in [9.17, 15) is 0 Å². The summed E-state index contributed by atoms with van der Waals surface area (Å²) in [6, 6.07) is 0. The number of rotatable bonds is 5. The fourth-order valence-electron chi connectivity index (χ4n) is 0.864. The Labute approximate surface area is 82.5 Å². The quantitative estimate of drug-likeness (QED) is 0.643. The second-order valence-electron chi connectivity index (χ2n) is 2.92. The molecule has 0 saturated heterocycles. The van der Waals surface area contributed by atoms with Crippen LogP contribution in [0.3, 0.4) is 0 Å². The van der Waals surface area contributed by atoms with Gasteiger partial charge in [0.15, 0.2) is 0 Å². The van der Waals surface area contributed by atoms with Gasteiger partial charge in [-0.25, -0.2) is 4.68 Å². The van der Waals surface area contributed by atoms with E-state index in [-0.39, 0.29) is 0 Å². The minimum Gasteiger partial charge on any atom is -0.308 e. The maximum absolute atomic E-state index is 3.93. The lowest BCUT2D eigenvalue weighted by atomic mass is 10.6. The van der Waals surface area contributed by atoms with Crippen molar-refractivity contribution in [1.82, 2.24) is 25.1 Å². The summed E-state index contributed by atoms with van der Waals surface area (Å²) >= 11 is 1.67. The molecule has 1 heterocycles. The number of thioether (sulfide) groups is 1. The lowest BCUT2D eigenvalue weighted by Gasteiger charge is -2.09. The Balaban J connectivity index is 2.49. The van der Waals surface area contributed by atoms with Crippen molar-refractivity contribution in [2.45, 2.75) is 18.6 Å². The Morgan fingerprint density at radius 2 is 2.23 bits per heavy atom. The molecule has 0 aliphatic rings. The average molecular weight is 201 g/mol. The molecule has 6 heteroatoms. The molecule has 74 valence electrons. The van der Waals surface area contributed by atoms with Gasteiger partial charge in [0.25, 0.3) is 0 Å². The first-order chi connectivity index (χ1) is 6.24. The first-order valence-corrected chi connectivity index (χ1v) is 5.26. The van der Waals surface area contributed by atoms with Crippen LogP contribution in [0.15, 0.2) is 5.16 Å². The molecule has 1 aromatic heterocycles. The van der Waals surface area contributed by atoms with Gasteiger partial charge in [-0.1, -0.05) is 18.7 Å². The summed E-state index contributed by atoms with van der Waals surface area (Å²) in [5, 5.41) is 12.4. The normalized spacial score (nSPS) is 11.1. The number of aromatic nitrogens is 4. The predicted octanol–water partition coefficient (Wildman–Crippen LogP) is 0.347. The van der Waals surface area contributed by atoms with Crippen LogP contribution < -0.4 is 0 Å². The van der Waals surface area contributed by atoms with Crippen molar-refractivity contribution in [2.75, 3.05) is 26.4 Å². The van der Waals surface area contributed by atoms with E-state index >= 15 is 0 Å². The minimum atomic E-state index is 0.850. The standard InChI is InChI=1S/C7H15N5S/c1-4-13-7-8-9-10-12(7)6-5-11(2)3/h4-6H2,1-3H3. The fourth-order valence-corrected chi connectivity index (χ4v) is 1.49. The van der Waals surface area contributed by atoms with Gasteiger partial charge >= 0.3 is 0 Å². The lowest BCUT2D eigenvalue weighted by Crippen LogP contribution is -2.19. The van der Waals surface area contributed by atoms with Crippen LogP contribution in [-0.2, 0) is 6.54 Å². The van der Waals surface area contributed by atoms with Gasteiger partial charge in [-0.2, -0.15) is 0 Å². The summed E-state index contributed by atoms with van der Waals surface area (Å²) < 4.78 is 1.84. The zero-order valence-corrected chi connectivity index (χ0v) is 9.08. The van der Waals surface area contributed by atoms with E-state index in [1.54, 1.807) is 11.8 Å². The number of nitrogens with zero attached hydrogens (tertiary/aromatic N) is 5. The molecule has 0 aromatic carbocycles. The van der Waals surface area contributed by atoms with Gasteiger partial charge in [0, 0.05) is 6.54 Å². The van der Waals surface area contributed by atoms with Crippen LogP contribution >= 0.6 is 11.8 Å². The van der Waals surface area contributed by atoms with E-state index in [0.717, 1.165) is 24.0 Å². The summed E-state index contributed by atoms with van der Waals surface area (Å²) in [6.45, 7) is 3.90. The van der Waals surface area contributed by atoms with Crippen LogP contribution in [0.2, 0.25) is 0 Å². The Kier molecular flexibility index (Phi) is 4.17. The van der Waals surface area contributed by atoms with Crippen molar-refractivity contribution in [3.63, 3.8) is 0 Å². The van der Waals surface area contributed by atoms with Crippen molar-refractivity contribution in [2.24, 2.45) is 0 Å². The van der Waals surface area contributed by atoms with Gasteiger partial charge in [0.05, 0.1) is 6.54 Å². The topological polar surface area (TPSA) is 46.8 Å². The maximum atomic E-state index is 3.93. The first kappa shape index (κ1) is 10.5. The molecule has 0 aliphatic carbocycles. The molecule has 1 rings (SSSR count).